The smallest absolute Gasteiger partial charge is 0.113 e. The summed E-state index contributed by atoms with van der Waals surface area (Å²) in [5.74, 6) is 1.14. The highest BCUT2D eigenvalue weighted by Crippen LogP contribution is 2.12. The lowest BCUT2D eigenvalue weighted by atomic mass is 10.1. The average Bonchev–Trinajstić information content (AvgIpc) is 2.96. The predicted octanol–water partition coefficient (Wildman–Crippen LogP) is 2.54. The van der Waals surface area contributed by atoms with Crippen LogP contribution in [-0.4, -0.2) is 34.1 Å². The van der Waals surface area contributed by atoms with E-state index in [0.717, 1.165) is 31.0 Å². The van der Waals surface area contributed by atoms with Crippen LogP contribution in [-0.2, 0) is 13.0 Å². The van der Waals surface area contributed by atoms with E-state index >= 15 is 0 Å². The summed E-state index contributed by atoms with van der Waals surface area (Å²) in [7, 11) is 0. The highest BCUT2D eigenvalue weighted by Gasteiger charge is 2.11. The summed E-state index contributed by atoms with van der Waals surface area (Å²) >= 11 is 0. The first-order valence-electron chi connectivity index (χ1n) is 7.88. The fourth-order valence-electron chi connectivity index (χ4n) is 2.96. The van der Waals surface area contributed by atoms with E-state index < -0.39 is 0 Å². The minimum absolute atomic E-state index is 0.812. The molecule has 4 nitrogen and oxygen atoms in total. The summed E-state index contributed by atoms with van der Waals surface area (Å²) in [5, 5.41) is 0. The van der Waals surface area contributed by atoms with Gasteiger partial charge in [0.2, 0.25) is 0 Å². The maximum absolute atomic E-state index is 5.73. The third kappa shape index (κ3) is 3.85. The maximum atomic E-state index is 5.73. The molecule has 0 bridgehead atoms. The molecule has 4 heteroatoms. The number of hydrogen-bond donors (Lipinski definition) is 1. The van der Waals surface area contributed by atoms with Crippen LogP contribution in [0.25, 0.3) is 0 Å². The molecule has 0 aliphatic carbocycles. The molecule has 112 valence electrons. The quantitative estimate of drug-likeness (QED) is 0.858. The van der Waals surface area contributed by atoms with E-state index in [2.05, 4.69) is 32.8 Å². The fourth-order valence-corrected chi connectivity index (χ4v) is 2.96. The molecule has 0 unspecified atom stereocenters. The zero-order valence-electron chi connectivity index (χ0n) is 12.5. The van der Waals surface area contributed by atoms with Crippen molar-refractivity contribution in [3.05, 3.63) is 48.0 Å². The van der Waals surface area contributed by atoms with Crippen LogP contribution in [0.1, 0.15) is 30.7 Å². The number of nitrogens with zero attached hydrogens (tertiary/aromatic N) is 3. The Kier molecular flexibility index (Phi) is 4.55. The Morgan fingerprint density at radius 2 is 1.76 bits per heavy atom. The van der Waals surface area contributed by atoms with Crippen molar-refractivity contribution in [2.45, 2.75) is 32.2 Å². The number of likely N-dealkylation sites (tertiary alicyclic amines) is 1. The number of nitrogens with two attached hydrogens (primary N) is 1. The summed E-state index contributed by atoms with van der Waals surface area (Å²) in [4.78, 5) is 7.08. The van der Waals surface area contributed by atoms with Gasteiger partial charge in [0.05, 0.1) is 0 Å². The number of aromatic nitrogens is 2. The van der Waals surface area contributed by atoms with Crippen LogP contribution < -0.4 is 5.73 Å². The molecule has 1 aliphatic heterocycles. The SMILES string of the molecule is Nc1ccc(Cc2nccn2CCN2CCCCC2)cc1. The van der Waals surface area contributed by atoms with Gasteiger partial charge in [0.1, 0.15) is 5.82 Å². The van der Waals surface area contributed by atoms with Crippen LogP contribution in [0.2, 0.25) is 0 Å². The summed E-state index contributed by atoms with van der Waals surface area (Å²) in [6.07, 6.45) is 8.96. The number of imidazole rings is 1. The van der Waals surface area contributed by atoms with Crippen LogP contribution >= 0.6 is 0 Å². The van der Waals surface area contributed by atoms with Crippen molar-refractivity contribution < 1.29 is 0 Å². The fraction of sp³-hybridized carbons (Fsp3) is 0.471. The van der Waals surface area contributed by atoms with Gasteiger partial charge in [-0.05, 0) is 43.6 Å². The Balaban J connectivity index is 1.59. The first-order valence-corrected chi connectivity index (χ1v) is 7.88. The molecule has 0 amide bonds. The van der Waals surface area contributed by atoms with E-state index in [-0.39, 0.29) is 0 Å². The zero-order valence-corrected chi connectivity index (χ0v) is 12.5. The van der Waals surface area contributed by atoms with E-state index in [1.807, 2.05) is 18.3 Å². The molecule has 21 heavy (non-hydrogen) atoms. The highest BCUT2D eigenvalue weighted by molar-refractivity contribution is 5.39. The lowest BCUT2D eigenvalue weighted by Crippen LogP contribution is -2.32. The molecule has 2 aromatic rings. The summed E-state index contributed by atoms with van der Waals surface area (Å²) in [6, 6.07) is 8.07. The first kappa shape index (κ1) is 14.1. The van der Waals surface area contributed by atoms with E-state index in [9.17, 15) is 0 Å². The monoisotopic (exact) mass is 284 g/mol. The summed E-state index contributed by atoms with van der Waals surface area (Å²) in [5.41, 5.74) is 7.81. The molecule has 0 atom stereocenters. The van der Waals surface area contributed by atoms with Gasteiger partial charge in [-0.15, -0.1) is 0 Å². The Labute approximate surface area is 126 Å². The standard InChI is InChI=1S/C17H24N4/c18-16-6-4-15(5-7-16)14-17-19-8-11-21(17)13-12-20-9-2-1-3-10-20/h4-8,11H,1-3,9-10,12-14,18H2. The topological polar surface area (TPSA) is 47.1 Å². The third-order valence-corrected chi connectivity index (χ3v) is 4.25. The van der Waals surface area contributed by atoms with Gasteiger partial charge >= 0.3 is 0 Å². The average molecular weight is 284 g/mol. The van der Waals surface area contributed by atoms with Crippen molar-refractivity contribution in [3.8, 4) is 0 Å². The van der Waals surface area contributed by atoms with Crippen molar-refractivity contribution in [1.29, 1.82) is 0 Å². The van der Waals surface area contributed by atoms with Gasteiger partial charge in [-0.25, -0.2) is 4.98 Å². The largest absolute Gasteiger partial charge is 0.399 e. The van der Waals surface area contributed by atoms with E-state index in [4.69, 9.17) is 5.73 Å². The van der Waals surface area contributed by atoms with Gasteiger partial charge in [0.15, 0.2) is 0 Å². The molecule has 1 aromatic heterocycles. The number of benzene rings is 1. The third-order valence-electron chi connectivity index (χ3n) is 4.25. The van der Waals surface area contributed by atoms with E-state index in [0.29, 0.717) is 0 Å². The lowest BCUT2D eigenvalue weighted by molar-refractivity contribution is 0.220. The van der Waals surface area contributed by atoms with Crippen molar-refractivity contribution in [1.82, 2.24) is 14.5 Å². The van der Waals surface area contributed by atoms with Gasteiger partial charge in [-0.3, -0.25) is 0 Å². The van der Waals surface area contributed by atoms with Gasteiger partial charge in [0, 0.05) is 37.6 Å². The number of anilines is 1. The number of piperidine rings is 1. The van der Waals surface area contributed by atoms with Crippen molar-refractivity contribution in [2.24, 2.45) is 0 Å². The van der Waals surface area contributed by atoms with Gasteiger partial charge < -0.3 is 15.2 Å². The van der Waals surface area contributed by atoms with Crippen LogP contribution in [0.4, 0.5) is 5.69 Å². The Morgan fingerprint density at radius 3 is 2.52 bits per heavy atom. The molecule has 1 fully saturated rings. The molecule has 0 spiro atoms. The van der Waals surface area contributed by atoms with Crippen LogP contribution in [0, 0.1) is 0 Å². The summed E-state index contributed by atoms with van der Waals surface area (Å²) in [6.45, 7) is 4.67. The van der Waals surface area contributed by atoms with E-state index in [1.165, 1.54) is 37.9 Å². The van der Waals surface area contributed by atoms with Crippen LogP contribution in [0.3, 0.4) is 0 Å². The molecule has 3 rings (SSSR count). The molecule has 2 N–H and O–H groups in total. The Hall–Kier alpha value is -1.81. The van der Waals surface area contributed by atoms with Crippen LogP contribution in [0.15, 0.2) is 36.7 Å². The Morgan fingerprint density at radius 1 is 1.00 bits per heavy atom. The molecule has 1 aliphatic rings. The zero-order chi connectivity index (χ0) is 14.5. The number of rotatable bonds is 5. The maximum Gasteiger partial charge on any atom is 0.113 e. The lowest BCUT2D eigenvalue weighted by Gasteiger charge is -2.26. The minimum Gasteiger partial charge on any atom is -0.399 e. The van der Waals surface area contributed by atoms with Crippen molar-refractivity contribution in [3.63, 3.8) is 0 Å². The molecule has 1 aromatic carbocycles. The highest BCUT2D eigenvalue weighted by atomic mass is 15.2. The number of hydrogen-bond acceptors (Lipinski definition) is 3. The second-order valence-corrected chi connectivity index (χ2v) is 5.86. The van der Waals surface area contributed by atoms with Crippen molar-refractivity contribution in [2.75, 3.05) is 25.4 Å². The van der Waals surface area contributed by atoms with Gasteiger partial charge in [-0.1, -0.05) is 18.6 Å². The molecule has 2 heterocycles. The van der Waals surface area contributed by atoms with Gasteiger partial charge in [-0.2, -0.15) is 0 Å². The van der Waals surface area contributed by atoms with Gasteiger partial charge in [0.25, 0.3) is 0 Å². The number of nitrogen functional groups attached to an aromatic ring is 1. The first-order chi connectivity index (χ1) is 10.3. The minimum atomic E-state index is 0.812. The second-order valence-electron chi connectivity index (χ2n) is 5.86. The van der Waals surface area contributed by atoms with Crippen LogP contribution in [0.5, 0.6) is 0 Å². The molecular weight excluding hydrogens is 260 g/mol. The molecule has 0 radical (unpaired) electrons. The molecule has 1 saturated heterocycles. The van der Waals surface area contributed by atoms with Crippen molar-refractivity contribution >= 4 is 5.69 Å². The summed E-state index contributed by atoms with van der Waals surface area (Å²) < 4.78 is 2.28. The molecule has 0 saturated carbocycles. The normalized spacial score (nSPS) is 16.2. The molecular formula is C17H24N4. The predicted molar refractivity (Wildman–Crippen MR) is 86.2 cm³/mol. The Bertz CT molecular complexity index is 552. The van der Waals surface area contributed by atoms with E-state index in [1.54, 1.807) is 0 Å². The second kappa shape index (κ2) is 6.76.